The van der Waals surface area contributed by atoms with Gasteiger partial charge in [-0.25, -0.2) is 9.59 Å². The van der Waals surface area contributed by atoms with Gasteiger partial charge in [0.25, 0.3) is 0 Å². The Morgan fingerprint density at radius 1 is 0.906 bits per heavy atom. The van der Waals surface area contributed by atoms with Crippen LogP contribution in [-0.2, 0) is 22.6 Å². The van der Waals surface area contributed by atoms with Crippen LogP contribution in [0.3, 0.4) is 0 Å². The number of nitrogens with zero attached hydrogens (tertiary/aromatic N) is 2. The van der Waals surface area contributed by atoms with Gasteiger partial charge in [0.05, 0.1) is 6.61 Å². The Labute approximate surface area is 189 Å². The van der Waals surface area contributed by atoms with Crippen LogP contribution in [0.1, 0.15) is 17.5 Å². The van der Waals surface area contributed by atoms with E-state index in [1.54, 1.807) is 0 Å². The number of hydrogen-bond donors (Lipinski definition) is 2. The van der Waals surface area contributed by atoms with Crippen molar-refractivity contribution in [2.45, 2.75) is 19.4 Å². The van der Waals surface area contributed by atoms with Crippen LogP contribution in [-0.4, -0.2) is 71.3 Å². The molecule has 0 unspecified atom stereocenters. The molecule has 172 valence electrons. The van der Waals surface area contributed by atoms with E-state index in [0.717, 1.165) is 64.5 Å². The van der Waals surface area contributed by atoms with Gasteiger partial charge in [0, 0.05) is 39.3 Å². The van der Waals surface area contributed by atoms with Gasteiger partial charge in [-0.3, -0.25) is 4.90 Å². The van der Waals surface area contributed by atoms with Gasteiger partial charge in [-0.05, 0) is 30.0 Å². The van der Waals surface area contributed by atoms with E-state index in [2.05, 4.69) is 64.9 Å². The number of para-hydroxylation sites is 1. The summed E-state index contributed by atoms with van der Waals surface area (Å²) in [7, 11) is 0. The molecule has 2 aromatic carbocycles. The maximum absolute atomic E-state index is 9.10. The van der Waals surface area contributed by atoms with E-state index < -0.39 is 11.9 Å². The highest BCUT2D eigenvalue weighted by Gasteiger charge is 2.16. The smallest absolute Gasteiger partial charge is 0.414 e. The van der Waals surface area contributed by atoms with E-state index in [1.807, 2.05) is 12.1 Å². The minimum absolute atomic E-state index is 0.776. The minimum atomic E-state index is -1.82. The number of piperazine rings is 1. The monoisotopic (exact) mass is 440 g/mol. The second-order valence-corrected chi connectivity index (χ2v) is 7.52. The molecule has 2 aromatic rings. The van der Waals surface area contributed by atoms with Crippen molar-refractivity contribution in [2.24, 2.45) is 0 Å². The van der Waals surface area contributed by atoms with Gasteiger partial charge in [-0.15, -0.1) is 6.58 Å². The number of benzene rings is 2. The summed E-state index contributed by atoms with van der Waals surface area (Å²) in [6.07, 6.45) is 3.86. The van der Waals surface area contributed by atoms with E-state index in [0.29, 0.717) is 0 Å². The molecule has 1 aliphatic rings. The molecule has 0 atom stereocenters. The van der Waals surface area contributed by atoms with Crippen LogP contribution in [0.15, 0.2) is 67.3 Å². The molecule has 3 rings (SSSR count). The lowest BCUT2D eigenvalue weighted by Crippen LogP contribution is -2.46. The average Bonchev–Trinajstić information content (AvgIpc) is 2.80. The number of aliphatic carboxylic acids is 2. The van der Waals surface area contributed by atoms with Gasteiger partial charge in [0.2, 0.25) is 0 Å². The molecule has 32 heavy (non-hydrogen) atoms. The lowest BCUT2D eigenvalue weighted by atomic mass is 10.1. The van der Waals surface area contributed by atoms with Crippen molar-refractivity contribution < 1.29 is 24.5 Å². The van der Waals surface area contributed by atoms with Crippen LogP contribution >= 0.6 is 0 Å². The molecular weight excluding hydrogens is 408 g/mol. The second kappa shape index (κ2) is 14.0. The maximum Gasteiger partial charge on any atom is 0.414 e. The molecule has 0 amide bonds. The highest BCUT2D eigenvalue weighted by molar-refractivity contribution is 6.27. The highest BCUT2D eigenvalue weighted by Crippen LogP contribution is 2.19. The Morgan fingerprint density at radius 3 is 2.12 bits per heavy atom. The molecule has 1 saturated heterocycles. The Hall–Kier alpha value is -3.16. The fourth-order valence-corrected chi connectivity index (χ4v) is 3.45. The summed E-state index contributed by atoms with van der Waals surface area (Å²) in [6.45, 7) is 11.4. The Morgan fingerprint density at radius 2 is 1.50 bits per heavy atom. The van der Waals surface area contributed by atoms with Gasteiger partial charge in [-0.2, -0.15) is 0 Å². The molecule has 1 aliphatic heterocycles. The zero-order chi connectivity index (χ0) is 23.2. The van der Waals surface area contributed by atoms with Crippen LogP contribution in [0.2, 0.25) is 0 Å². The first-order valence-electron chi connectivity index (χ1n) is 10.8. The van der Waals surface area contributed by atoms with E-state index in [-0.39, 0.29) is 0 Å². The standard InChI is InChI=1S/C23H30N2O.C2H2O4/c1-2-9-22-12-6-7-13-23(22)26-19-8-14-24-15-17-25(18-16-24)20-21-10-4-3-5-11-21;3-1(4)2(5)6/h2-7,10-13H,1,8-9,14-20H2;(H,3,4)(H,5,6). The number of ether oxygens (including phenoxy) is 1. The van der Waals surface area contributed by atoms with Crippen LogP contribution in [0, 0.1) is 0 Å². The zero-order valence-corrected chi connectivity index (χ0v) is 18.4. The Bertz CT molecular complexity index is 836. The maximum atomic E-state index is 9.10. The van der Waals surface area contributed by atoms with E-state index in [4.69, 9.17) is 24.5 Å². The van der Waals surface area contributed by atoms with Gasteiger partial charge in [-0.1, -0.05) is 54.6 Å². The van der Waals surface area contributed by atoms with E-state index in [1.165, 1.54) is 11.1 Å². The molecule has 7 nitrogen and oxygen atoms in total. The van der Waals surface area contributed by atoms with Crippen molar-refractivity contribution in [1.82, 2.24) is 9.80 Å². The predicted octanol–water partition coefficient (Wildman–Crippen LogP) is 3.16. The second-order valence-electron chi connectivity index (χ2n) is 7.52. The number of carboxylic acid groups (broad SMARTS) is 2. The third-order valence-electron chi connectivity index (χ3n) is 5.11. The fourth-order valence-electron chi connectivity index (χ4n) is 3.45. The molecule has 0 aromatic heterocycles. The summed E-state index contributed by atoms with van der Waals surface area (Å²) in [5.74, 6) is -2.65. The molecule has 0 saturated carbocycles. The largest absolute Gasteiger partial charge is 0.493 e. The van der Waals surface area contributed by atoms with E-state index >= 15 is 0 Å². The van der Waals surface area contributed by atoms with Crippen molar-refractivity contribution in [1.29, 1.82) is 0 Å². The first kappa shape index (κ1) is 25.1. The molecule has 0 aliphatic carbocycles. The van der Waals surface area contributed by atoms with Crippen LogP contribution in [0.4, 0.5) is 0 Å². The minimum Gasteiger partial charge on any atom is -0.493 e. The molecule has 7 heteroatoms. The number of carboxylic acids is 2. The summed E-state index contributed by atoms with van der Waals surface area (Å²) in [5, 5.41) is 14.8. The lowest BCUT2D eigenvalue weighted by Gasteiger charge is -2.34. The Balaban J connectivity index is 0.000000534. The molecule has 0 bridgehead atoms. The van der Waals surface area contributed by atoms with Crippen molar-refractivity contribution in [3.8, 4) is 5.75 Å². The summed E-state index contributed by atoms with van der Waals surface area (Å²) < 4.78 is 6.00. The third-order valence-corrected chi connectivity index (χ3v) is 5.11. The van der Waals surface area contributed by atoms with Crippen LogP contribution < -0.4 is 4.74 Å². The SMILES string of the molecule is C=CCc1ccccc1OCCCN1CCN(Cc2ccccc2)CC1.O=C(O)C(=O)O. The van der Waals surface area contributed by atoms with Crippen LogP contribution in [0.5, 0.6) is 5.75 Å². The average molecular weight is 441 g/mol. The zero-order valence-electron chi connectivity index (χ0n) is 18.4. The summed E-state index contributed by atoms with van der Waals surface area (Å²) in [6, 6.07) is 19.0. The van der Waals surface area contributed by atoms with Crippen molar-refractivity contribution in [3.05, 3.63) is 78.4 Å². The number of rotatable bonds is 9. The molecule has 2 N–H and O–H groups in total. The fraction of sp³-hybridized carbons (Fsp3) is 0.360. The van der Waals surface area contributed by atoms with Gasteiger partial charge in [0.15, 0.2) is 0 Å². The first-order chi connectivity index (χ1) is 15.5. The van der Waals surface area contributed by atoms with Crippen molar-refractivity contribution in [2.75, 3.05) is 39.3 Å². The van der Waals surface area contributed by atoms with Gasteiger partial charge in [0.1, 0.15) is 5.75 Å². The number of carbonyl (C=O) groups is 2. The summed E-state index contributed by atoms with van der Waals surface area (Å²) in [4.78, 5) is 23.3. The molecule has 1 heterocycles. The summed E-state index contributed by atoms with van der Waals surface area (Å²) >= 11 is 0. The molecule has 0 radical (unpaired) electrons. The first-order valence-corrected chi connectivity index (χ1v) is 10.8. The number of allylic oxidation sites excluding steroid dienone is 1. The van der Waals surface area contributed by atoms with Gasteiger partial charge < -0.3 is 19.8 Å². The normalized spacial score (nSPS) is 14.1. The van der Waals surface area contributed by atoms with Crippen molar-refractivity contribution >= 4 is 11.9 Å². The topological polar surface area (TPSA) is 90.3 Å². The quantitative estimate of drug-likeness (QED) is 0.352. The Kier molecular flexibility index (Phi) is 11.0. The molecule has 0 spiro atoms. The van der Waals surface area contributed by atoms with Crippen molar-refractivity contribution in [3.63, 3.8) is 0 Å². The van der Waals surface area contributed by atoms with Gasteiger partial charge >= 0.3 is 11.9 Å². The molecular formula is C25H32N2O5. The molecule has 1 fully saturated rings. The highest BCUT2D eigenvalue weighted by atomic mass is 16.5. The summed E-state index contributed by atoms with van der Waals surface area (Å²) in [5.41, 5.74) is 2.63. The third kappa shape index (κ3) is 9.32. The number of hydrogen-bond acceptors (Lipinski definition) is 5. The van der Waals surface area contributed by atoms with E-state index in [9.17, 15) is 0 Å². The van der Waals surface area contributed by atoms with Crippen LogP contribution in [0.25, 0.3) is 0 Å². The predicted molar refractivity (Wildman–Crippen MR) is 124 cm³/mol. The lowest BCUT2D eigenvalue weighted by molar-refractivity contribution is -0.159.